The fourth-order valence-corrected chi connectivity index (χ4v) is 3.83. The Bertz CT molecular complexity index is 1170. The van der Waals surface area contributed by atoms with Gasteiger partial charge in [-0.25, -0.2) is 9.97 Å². The zero-order chi connectivity index (χ0) is 26.1. The lowest BCUT2D eigenvalue weighted by Gasteiger charge is -2.25. The van der Waals surface area contributed by atoms with Crippen LogP contribution in [0.15, 0.2) is 54.9 Å². The molecular formula is C26H28Cl2N4O4. The van der Waals surface area contributed by atoms with E-state index in [2.05, 4.69) is 34.4 Å². The zero-order valence-electron chi connectivity index (χ0n) is 20.0. The Labute approximate surface area is 220 Å². The topological polar surface area (TPSA) is 113 Å². The molecule has 0 saturated carbocycles. The first-order valence-electron chi connectivity index (χ1n) is 11.5. The molecule has 0 saturated heterocycles. The molecule has 1 aromatic heterocycles. The number of hydrogen-bond donors (Lipinski definition) is 3. The van der Waals surface area contributed by atoms with Gasteiger partial charge >= 0.3 is 5.97 Å². The lowest BCUT2D eigenvalue weighted by Crippen LogP contribution is -2.33. The van der Waals surface area contributed by atoms with E-state index in [4.69, 9.17) is 33.0 Å². The summed E-state index contributed by atoms with van der Waals surface area (Å²) in [6.45, 7) is 4.71. The van der Waals surface area contributed by atoms with Crippen molar-refractivity contribution in [3.63, 3.8) is 0 Å². The summed E-state index contributed by atoms with van der Waals surface area (Å²) in [5.41, 5.74) is 1.99. The first-order valence-corrected chi connectivity index (χ1v) is 12.3. The van der Waals surface area contributed by atoms with Gasteiger partial charge in [0, 0.05) is 28.4 Å². The molecule has 1 unspecified atom stereocenters. The smallest absolute Gasteiger partial charge is 0.305 e. The van der Waals surface area contributed by atoms with Gasteiger partial charge in [-0.05, 0) is 48.4 Å². The highest BCUT2D eigenvalue weighted by molar-refractivity contribution is 6.36. The molecule has 1 amide bonds. The van der Waals surface area contributed by atoms with Crippen molar-refractivity contribution in [1.29, 1.82) is 0 Å². The van der Waals surface area contributed by atoms with Crippen molar-refractivity contribution >= 4 is 40.8 Å². The number of halogens is 2. The summed E-state index contributed by atoms with van der Waals surface area (Å²) in [7, 11) is 0. The van der Waals surface area contributed by atoms with E-state index in [9.17, 15) is 9.59 Å². The van der Waals surface area contributed by atoms with Crippen molar-refractivity contribution in [1.82, 2.24) is 15.3 Å². The molecule has 2 atom stereocenters. The summed E-state index contributed by atoms with van der Waals surface area (Å²) in [5.74, 6) is 0.0478. The molecule has 10 heteroatoms. The molecular weight excluding hydrogens is 503 g/mol. The minimum absolute atomic E-state index is 0.00405. The van der Waals surface area contributed by atoms with Gasteiger partial charge in [-0.3, -0.25) is 9.59 Å². The molecule has 3 aromatic rings. The van der Waals surface area contributed by atoms with E-state index in [-0.39, 0.29) is 24.9 Å². The quantitative estimate of drug-likeness (QED) is 0.280. The second-order valence-corrected chi connectivity index (χ2v) is 9.13. The van der Waals surface area contributed by atoms with Crippen LogP contribution in [0.4, 0.5) is 5.69 Å². The second-order valence-electron chi connectivity index (χ2n) is 8.29. The Morgan fingerprint density at radius 2 is 1.78 bits per heavy atom. The van der Waals surface area contributed by atoms with Gasteiger partial charge < -0.3 is 20.5 Å². The van der Waals surface area contributed by atoms with E-state index >= 15 is 0 Å². The molecule has 0 spiro atoms. The van der Waals surface area contributed by atoms with Crippen LogP contribution in [0.25, 0.3) is 11.4 Å². The van der Waals surface area contributed by atoms with Crippen LogP contribution in [-0.4, -0.2) is 46.1 Å². The van der Waals surface area contributed by atoms with Gasteiger partial charge in [0.15, 0.2) is 11.6 Å². The zero-order valence-corrected chi connectivity index (χ0v) is 21.5. The van der Waals surface area contributed by atoms with Crippen LogP contribution in [-0.2, 0) is 4.79 Å². The van der Waals surface area contributed by atoms with Crippen molar-refractivity contribution in [2.24, 2.45) is 5.92 Å². The lowest BCUT2D eigenvalue weighted by atomic mass is 9.99. The number of aromatic nitrogens is 2. The van der Waals surface area contributed by atoms with Crippen molar-refractivity contribution in [3.05, 3.63) is 70.5 Å². The third-order valence-corrected chi connectivity index (χ3v) is 6.23. The number of anilines is 1. The number of amides is 1. The first kappa shape index (κ1) is 27.2. The van der Waals surface area contributed by atoms with Crippen LogP contribution in [0.1, 0.15) is 37.0 Å². The molecule has 3 rings (SSSR count). The molecule has 0 aliphatic carbocycles. The predicted molar refractivity (Wildman–Crippen MR) is 141 cm³/mol. The minimum atomic E-state index is -0.957. The molecule has 3 N–H and O–H groups in total. The lowest BCUT2D eigenvalue weighted by molar-refractivity contribution is -0.136. The molecule has 36 heavy (non-hydrogen) atoms. The number of carbonyl (C=O) groups excluding carboxylic acids is 1. The monoisotopic (exact) mass is 530 g/mol. The van der Waals surface area contributed by atoms with E-state index in [0.29, 0.717) is 45.3 Å². The van der Waals surface area contributed by atoms with E-state index < -0.39 is 5.97 Å². The highest BCUT2D eigenvalue weighted by Gasteiger charge is 2.18. The van der Waals surface area contributed by atoms with Gasteiger partial charge in [0.25, 0.3) is 5.91 Å². The Morgan fingerprint density at radius 3 is 2.39 bits per heavy atom. The van der Waals surface area contributed by atoms with E-state index in [0.717, 1.165) is 12.1 Å². The summed E-state index contributed by atoms with van der Waals surface area (Å²) < 4.78 is 5.98. The standard InChI is InChI=1S/C26H28Cl2N4O4/c1-3-16(2)23(32-19-7-4-17(5-8-19)26(35)29-11-10-24(33)34)15-36-20-13-30-25(31-14-20)21-9-6-18(27)12-22(21)28/h4-9,12-14,16,23,32H,3,10-11,15H2,1-2H3,(H,29,35)(H,33,34)/t16?,23-/m1/s1. The van der Waals surface area contributed by atoms with Gasteiger partial charge in [0.1, 0.15) is 6.61 Å². The van der Waals surface area contributed by atoms with Crippen LogP contribution in [0.3, 0.4) is 0 Å². The number of rotatable bonds is 12. The number of carbonyl (C=O) groups is 2. The van der Waals surface area contributed by atoms with Gasteiger partial charge in [-0.1, -0.05) is 43.5 Å². The second kappa shape index (κ2) is 13.1. The molecule has 0 bridgehead atoms. The molecule has 190 valence electrons. The highest BCUT2D eigenvalue weighted by atomic mass is 35.5. The van der Waals surface area contributed by atoms with Gasteiger partial charge in [0.2, 0.25) is 0 Å². The number of carboxylic acids is 1. The Balaban J connectivity index is 1.60. The largest absolute Gasteiger partial charge is 0.488 e. The number of nitrogens with one attached hydrogen (secondary N) is 2. The molecule has 8 nitrogen and oxygen atoms in total. The average Bonchev–Trinajstić information content (AvgIpc) is 2.86. The van der Waals surface area contributed by atoms with E-state index in [1.807, 2.05) is 12.1 Å². The number of nitrogens with zero attached hydrogens (tertiary/aromatic N) is 2. The van der Waals surface area contributed by atoms with Crippen molar-refractivity contribution in [3.8, 4) is 17.1 Å². The molecule has 1 heterocycles. The maximum atomic E-state index is 12.2. The van der Waals surface area contributed by atoms with Crippen LogP contribution in [0.5, 0.6) is 5.75 Å². The summed E-state index contributed by atoms with van der Waals surface area (Å²) >= 11 is 12.2. The molecule has 0 aliphatic rings. The fraction of sp³-hybridized carbons (Fsp3) is 0.308. The van der Waals surface area contributed by atoms with Crippen molar-refractivity contribution < 1.29 is 19.4 Å². The van der Waals surface area contributed by atoms with Crippen LogP contribution in [0.2, 0.25) is 10.0 Å². The minimum Gasteiger partial charge on any atom is -0.488 e. The highest BCUT2D eigenvalue weighted by Crippen LogP contribution is 2.28. The SMILES string of the molecule is CCC(C)[C@@H](COc1cnc(-c2ccc(Cl)cc2Cl)nc1)Nc1ccc(C(=O)NCCC(=O)O)cc1. The number of benzene rings is 2. The molecule has 0 fully saturated rings. The van der Waals surface area contributed by atoms with Gasteiger partial charge in [0.05, 0.1) is 29.9 Å². The van der Waals surface area contributed by atoms with E-state index in [1.165, 1.54) is 0 Å². The first-order chi connectivity index (χ1) is 17.3. The summed E-state index contributed by atoms with van der Waals surface area (Å²) in [5, 5.41) is 15.8. The summed E-state index contributed by atoms with van der Waals surface area (Å²) in [4.78, 5) is 31.5. The van der Waals surface area contributed by atoms with Crippen molar-refractivity contribution in [2.45, 2.75) is 32.7 Å². The third kappa shape index (κ3) is 7.83. The number of carboxylic acid groups (broad SMARTS) is 1. The number of hydrogen-bond acceptors (Lipinski definition) is 6. The molecule has 0 aliphatic heterocycles. The van der Waals surface area contributed by atoms with Gasteiger partial charge in [-0.2, -0.15) is 0 Å². The van der Waals surface area contributed by atoms with Crippen LogP contribution < -0.4 is 15.4 Å². The Kier molecular flexibility index (Phi) is 9.90. The Morgan fingerprint density at radius 1 is 1.08 bits per heavy atom. The maximum absolute atomic E-state index is 12.2. The molecule has 0 radical (unpaired) electrons. The van der Waals surface area contributed by atoms with E-state index in [1.54, 1.807) is 42.7 Å². The predicted octanol–water partition coefficient (Wildman–Crippen LogP) is 5.56. The fourth-order valence-electron chi connectivity index (χ4n) is 3.34. The van der Waals surface area contributed by atoms with Gasteiger partial charge in [-0.15, -0.1) is 0 Å². The van der Waals surface area contributed by atoms with Crippen LogP contribution >= 0.6 is 23.2 Å². The number of aliphatic carboxylic acids is 1. The summed E-state index contributed by atoms with van der Waals surface area (Å²) in [6.07, 6.45) is 4.04. The maximum Gasteiger partial charge on any atom is 0.305 e. The number of ether oxygens (including phenoxy) is 1. The molecule has 2 aromatic carbocycles. The summed E-state index contributed by atoms with van der Waals surface area (Å²) in [6, 6.07) is 12.2. The van der Waals surface area contributed by atoms with Crippen LogP contribution in [0, 0.1) is 5.92 Å². The van der Waals surface area contributed by atoms with Crippen molar-refractivity contribution in [2.75, 3.05) is 18.5 Å². The Hall–Kier alpha value is -3.36. The third-order valence-electron chi connectivity index (χ3n) is 5.68. The average molecular weight is 531 g/mol. The normalized spacial score (nSPS) is 12.4.